The van der Waals surface area contributed by atoms with Gasteiger partial charge in [0, 0.05) is 23.9 Å². The molecule has 0 saturated carbocycles. The maximum atomic E-state index is 5.41. The lowest BCUT2D eigenvalue weighted by molar-refractivity contribution is 0.122. The van der Waals surface area contributed by atoms with E-state index in [-0.39, 0.29) is 0 Å². The Hall–Kier alpha value is -2.13. The molecule has 2 heterocycles. The second-order valence-corrected chi connectivity index (χ2v) is 5.13. The highest BCUT2D eigenvalue weighted by molar-refractivity contribution is 6.05. The van der Waals surface area contributed by atoms with Crippen molar-refractivity contribution in [2.75, 3.05) is 31.2 Å². The molecule has 1 saturated heterocycles. The van der Waals surface area contributed by atoms with Crippen LogP contribution < -0.4 is 4.90 Å². The molecule has 4 rings (SSSR count). The molecule has 3 heteroatoms. The molecular weight excluding hydrogens is 248 g/mol. The number of nitrogens with zero attached hydrogens (tertiary/aromatic N) is 2. The maximum absolute atomic E-state index is 5.41. The largest absolute Gasteiger partial charge is 0.378 e. The highest BCUT2D eigenvalue weighted by atomic mass is 16.5. The van der Waals surface area contributed by atoms with Crippen LogP contribution in [0.3, 0.4) is 0 Å². The number of hydrogen-bond donors (Lipinski definition) is 0. The van der Waals surface area contributed by atoms with Gasteiger partial charge in [0.25, 0.3) is 0 Å². The van der Waals surface area contributed by atoms with Crippen molar-refractivity contribution in [2.45, 2.75) is 0 Å². The summed E-state index contributed by atoms with van der Waals surface area (Å²) in [4.78, 5) is 7.19. The normalized spacial score (nSPS) is 15.9. The molecule has 3 aromatic rings. The summed E-state index contributed by atoms with van der Waals surface area (Å²) in [6, 6.07) is 17.0. The quantitative estimate of drug-likeness (QED) is 0.631. The van der Waals surface area contributed by atoms with Crippen molar-refractivity contribution in [1.29, 1.82) is 0 Å². The molecule has 0 N–H and O–H groups in total. The van der Waals surface area contributed by atoms with Crippen LogP contribution in [0.5, 0.6) is 0 Å². The van der Waals surface area contributed by atoms with Gasteiger partial charge in [0.05, 0.1) is 18.7 Å². The predicted octanol–water partition coefficient (Wildman–Crippen LogP) is 3.22. The van der Waals surface area contributed by atoms with E-state index in [0.717, 1.165) is 37.6 Å². The van der Waals surface area contributed by atoms with Gasteiger partial charge in [0.2, 0.25) is 0 Å². The number of fused-ring (bicyclic) bond motifs is 3. The van der Waals surface area contributed by atoms with E-state index >= 15 is 0 Å². The fourth-order valence-electron chi connectivity index (χ4n) is 2.82. The number of anilines is 1. The van der Waals surface area contributed by atoms with Crippen LogP contribution in [0.2, 0.25) is 0 Å². The van der Waals surface area contributed by atoms with Crippen LogP contribution in [0, 0.1) is 0 Å². The first-order chi connectivity index (χ1) is 9.92. The highest BCUT2D eigenvalue weighted by Gasteiger charge is 2.13. The van der Waals surface area contributed by atoms with Crippen molar-refractivity contribution < 1.29 is 4.74 Å². The smallest absolute Gasteiger partial charge is 0.129 e. The first kappa shape index (κ1) is 11.7. The molecule has 1 aliphatic heterocycles. The highest BCUT2D eigenvalue weighted by Crippen LogP contribution is 2.26. The second-order valence-electron chi connectivity index (χ2n) is 5.13. The lowest BCUT2D eigenvalue weighted by Crippen LogP contribution is -2.36. The monoisotopic (exact) mass is 264 g/mol. The Morgan fingerprint density at radius 3 is 2.50 bits per heavy atom. The van der Waals surface area contributed by atoms with Crippen LogP contribution in [0.4, 0.5) is 5.82 Å². The third-order valence-corrected chi connectivity index (χ3v) is 3.91. The van der Waals surface area contributed by atoms with Gasteiger partial charge in [-0.15, -0.1) is 0 Å². The molecule has 0 amide bonds. The standard InChI is InChI=1S/C17H16N2O/c1-2-4-15-13(3-1)5-6-14-7-8-16(18-17(14)15)19-9-11-20-12-10-19/h1-8H,9-12H2. The third kappa shape index (κ3) is 1.91. The Morgan fingerprint density at radius 1 is 0.850 bits per heavy atom. The fourth-order valence-corrected chi connectivity index (χ4v) is 2.82. The van der Waals surface area contributed by atoms with Gasteiger partial charge in [-0.3, -0.25) is 0 Å². The van der Waals surface area contributed by atoms with Crippen molar-refractivity contribution >= 4 is 27.5 Å². The number of pyridine rings is 1. The van der Waals surface area contributed by atoms with Crippen molar-refractivity contribution in [1.82, 2.24) is 4.98 Å². The Bertz CT molecular complexity index is 763. The van der Waals surface area contributed by atoms with Crippen molar-refractivity contribution in [3.05, 3.63) is 48.5 Å². The van der Waals surface area contributed by atoms with E-state index < -0.39 is 0 Å². The van der Waals surface area contributed by atoms with Crippen molar-refractivity contribution in [3.63, 3.8) is 0 Å². The topological polar surface area (TPSA) is 25.4 Å². The number of rotatable bonds is 1. The zero-order chi connectivity index (χ0) is 13.4. The molecule has 1 aliphatic rings. The minimum absolute atomic E-state index is 0.787. The molecule has 0 unspecified atom stereocenters. The molecule has 1 fully saturated rings. The lowest BCUT2D eigenvalue weighted by atomic mass is 10.1. The average Bonchev–Trinajstić information content (AvgIpc) is 2.55. The molecule has 3 nitrogen and oxygen atoms in total. The van der Waals surface area contributed by atoms with Crippen LogP contribution in [0.25, 0.3) is 21.7 Å². The van der Waals surface area contributed by atoms with E-state index in [0.29, 0.717) is 0 Å². The minimum atomic E-state index is 0.787. The van der Waals surface area contributed by atoms with Gasteiger partial charge in [0.1, 0.15) is 5.82 Å². The van der Waals surface area contributed by atoms with E-state index in [2.05, 4.69) is 53.4 Å². The zero-order valence-corrected chi connectivity index (χ0v) is 11.2. The van der Waals surface area contributed by atoms with E-state index in [9.17, 15) is 0 Å². The Morgan fingerprint density at radius 2 is 1.60 bits per heavy atom. The summed E-state index contributed by atoms with van der Waals surface area (Å²) in [5.74, 6) is 1.05. The summed E-state index contributed by atoms with van der Waals surface area (Å²) in [5, 5.41) is 3.66. The molecule has 1 aromatic heterocycles. The third-order valence-electron chi connectivity index (χ3n) is 3.91. The summed E-state index contributed by atoms with van der Waals surface area (Å²) in [5.41, 5.74) is 1.09. The SMILES string of the molecule is c1ccc2c(c1)ccc1ccc(N3CCOCC3)nc12. The van der Waals surface area contributed by atoms with E-state index in [1.54, 1.807) is 0 Å². The molecule has 0 bridgehead atoms. The maximum Gasteiger partial charge on any atom is 0.129 e. The molecule has 0 atom stereocenters. The van der Waals surface area contributed by atoms with Crippen LogP contribution in [-0.2, 0) is 4.74 Å². The second kappa shape index (κ2) is 4.76. The number of hydrogen-bond acceptors (Lipinski definition) is 3. The van der Waals surface area contributed by atoms with Gasteiger partial charge in [-0.1, -0.05) is 36.4 Å². The summed E-state index contributed by atoms with van der Waals surface area (Å²) >= 11 is 0. The Labute approximate surface area is 117 Å². The van der Waals surface area contributed by atoms with Gasteiger partial charge in [-0.05, 0) is 17.5 Å². The van der Waals surface area contributed by atoms with Crippen molar-refractivity contribution in [3.8, 4) is 0 Å². The van der Waals surface area contributed by atoms with Gasteiger partial charge >= 0.3 is 0 Å². The van der Waals surface area contributed by atoms with Crippen LogP contribution in [0.1, 0.15) is 0 Å². The number of benzene rings is 2. The van der Waals surface area contributed by atoms with Gasteiger partial charge in [-0.25, -0.2) is 4.98 Å². The molecule has 0 radical (unpaired) electrons. The van der Waals surface area contributed by atoms with Gasteiger partial charge < -0.3 is 9.64 Å². The summed E-state index contributed by atoms with van der Waals surface area (Å²) in [7, 11) is 0. The zero-order valence-electron chi connectivity index (χ0n) is 11.2. The minimum Gasteiger partial charge on any atom is -0.378 e. The first-order valence-corrected chi connectivity index (χ1v) is 7.03. The summed E-state index contributed by atoms with van der Waals surface area (Å²) < 4.78 is 5.41. The Kier molecular flexibility index (Phi) is 2.78. The van der Waals surface area contributed by atoms with Gasteiger partial charge in [0.15, 0.2) is 0 Å². The number of aromatic nitrogens is 1. The predicted molar refractivity (Wildman–Crippen MR) is 82.3 cm³/mol. The molecule has 0 spiro atoms. The summed E-state index contributed by atoms with van der Waals surface area (Å²) in [6.45, 7) is 3.41. The van der Waals surface area contributed by atoms with E-state index in [1.165, 1.54) is 16.2 Å². The first-order valence-electron chi connectivity index (χ1n) is 7.03. The molecule has 0 aliphatic carbocycles. The van der Waals surface area contributed by atoms with Crippen LogP contribution >= 0.6 is 0 Å². The molecule has 100 valence electrons. The molecule has 2 aromatic carbocycles. The molecule has 20 heavy (non-hydrogen) atoms. The van der Waals surface area contributed by atoms with E-state index in [1.807, 2.05) is 0 Å². The van der Waals surface area contributed by atoms with Gasteiger partial charge in [-0.2, -0.15) is 0 Å². The van der Waals surface area contributed by atoms with E-state index in [4.69, 9.17) is 9.72 Å². The summed E-state index contributed by atoms with van der Waals surface area (Å²) in [6.07, 6.45) is 0. The Balaban J connectivity index is 1.90. The van der Waals surface area contributed by atoms with Crippen LogP contribution in [0.15, 0.2) is 48.5 Å². The molecular formula is C17H16N2O. The average molecular weight is 264 g/mol. The van der Waals surface area contributed by atoms with Crippen molar-refractivity contribution in [2.24, 2.45) is 0 Å². The van der Waals surface area contributed by atoms with Crippen LogP contribution in [-0.4, -0.2) is 31.3 Å². The lowest BCUT2D eigenvalue weighted by Gasteiger charge is -2.28. The number of ether oxygens (including phenoxy) is 1. The fraction of sp³-hybridized carbons (Fsp3) is 0.235. The number of morpholine rings is 1.